The Balaban J connectivity index is 2.00. The lowest BCUT2D eigenvalue weighted by Gasteiger charge is -2.20. The van der Waals surface area contributed by atoms with E-state index in [1.165, 1.54) is 7.11 Å². The van der Waals surface area contributed by atoms with E-state index in [2.05, 4.69) is 10.6 Å². The number of piperazine rings is 1. The molecule has 0 aliphatic carbocycles. The summed E-state index contributed by atoms with van der Waals surface area (Å²) >= 11 is 5.90. The van der Waals surface area contributed by atoms with Crippen molar-refractivity contribution in [1.82, 2.24) is 5.32 Å². The van der Waals surface area contributed by atoms with E-state index in [9.17, 15) is 9.59 Å². The number of amides is 2. The van der Waals surface area contributed by atoms with Crippen molar-refractivity contribution >= 4 is 29.1 Å². The highest BCUT2D eigenvalue weighted by molar-refractivity contribution is 6.31. The Morgan fingerprint density at radius 2 is 2.40 bits per heavy atom. The SMILES string of the molecule is COc1ccc(Cl)cc1NC(=O)CC1[NH2+]CCNC1=O. The van der Waals surface area contributed by atoms with E-state index in [1.807, 2.05) is 5.32 Å². The van der Waals surface area contributed by atoms with Gasteiger partial charge in [0.15, 0.2) is 6.04 Å². The number of hydrogen-bond donors (Lipinski definition) is 3. The fourth-order valence-electron chi connectivity index (χ4n) is 2.07. The molecule has 1 atom stereocenters. The summed E-state index contributed by atoms with van der Waals surface area (Å²) in [7, 11) is 1.52. The molecule has 1 aliphatic heterocycles. The Morgan fingerprint density at radius 3 is 3.10 bits per heavy atom. The maximum atomic E-state index is 12.0. The van der Waals surface area contributed by atoms with Crippen LogP contribution in [0.15, 0.2) is 18.2 Å². The lowest BCUT2D eigenvalue weighted by Crippen LogP contribution is -2.96. The van der Waals surface area contributed by atoms with Crippen LogP contribution in [0.25, 0.3) is 0 Å². The number of anilines is 1. The van der Waals surface area contributed by atoms with Crippen LogP contribution in [0.3, 0.4) is 0 Å². The van der Waals surface area contributed by atoms with Gasteiger partial charge in [-0.2, -0.15) is 0 Å². The third-order valence-electron chi connectivity index (χ3n) is 3.07. The van der Waals surface area contributed by atoms with Crippen molar-refractivity contribution < 1.29 is 19.6 Å². The van der Waals surface area contributed by atoms with E-state index in [1.54, 1.807) is 18.2 Å². The topological polar surface area (TPSA) is 84.0 Å². The lowest BCUT2D eigenvalue weighted by atomic mass is 10.1. The molecule has 6 nitrogen and oxygen atoms in total. The molecule has 4 N–H and O–H groups in total. The molecule has 0 radical (unpaired) electrons. The monoisotopic (exact) mass is 298 g/mol. The molecule has 1 aromatic rings. The van der Waals surface area contributed by atoms with Crippen molar-refractivity contribution in [2.75, 3.05) is 25.5 Å². The van der Waals surface area contributed by atoms with Gasteiger partial charge in [-0.05, 0) is 18.2 Å². The average Bonchev–Trinajstić information content (AvgIpc) is 2.41. The van der Waals surface area contributed by atoms with E-state index in [0.29, 0.717) is 23.0 Å². The molecule has 0 spiro atoms. The number of nitrogens with one attached hydrogen (secondary N) is 2. The first-order valence-corrected chi connectivity index (χ1v) is 6.72. The average molecular weight is 299 g/mol. The molecule has 2 rings (SSSR count). The zero-order valence-electron chi connectivity index (χ0n) is 11.1. The van der Waals surface area contributed by atoms with E-state index >= 15 is 0 Å². The third kappa shape index (κ3) is 3.61. The maximum absolute atomic E-state index is 12.0. The van der Waals surface area contributed by atoms with Gasteiger partial charge < -0.3 is 20.7 Å². The second-order valence-corrected chi connectivity index (χ2v) is 4.96. The summed E-state index contributed by atoms with van der Waals surface area (Å²) in [4.78, 5) is 23.6. The highest BCUT2D eigenvalue weighted by Gasteiger charge is 2.28. The number of ether oxygens (including phenoxy) is 1. The van der Waals surface area contributed by atoms with Gasteiger partial charge in [0, 0.05) is 5.02 Å². The summed E-state index contributed by atoms with van der Waals surface area (Å²) in [5, 5.41) is 7.83. The fraction of sp³-hybridized carbons (Fsp3) is 0.385. The largest absolute Gasteiger partial charge is 0.495 e. The molecule has 1 saturated heterocycles. The van der Waals surface area contributed by atoms with Crippen molar-refractivity contribution in [1.29, 1.82) is 0 Å². The van der Waals surface area contributed by atoms with Gasteiger partial charge in [-0.3, -0.25) is 9.59 Å². The summed E-state index contributed by atoms with van der Waals surface area (Å²) in [6, 6.07) is 4.59. The molecule has 0 saturated carbocycles. The molecule has 7 heteroatoms. The zero-order chi connectivity index (χ0) is 14.5. The Labute approximate surface area is 121 Å². The predicted molar refractivity (Wildman–Crippen MR) is 74.8 cm³/mol. The van der Waals surface area contributed by atoms with Crippen molar-refractivity contribution in [3.8, 4) is 5.75 Å². The highest BCUT2D eigenvalue weighted by atomic mass is 35.5. The molecule has 1 fully saturated rings. The summed E-state index contributed by atoms with van der Waals surface area (Å²) in [6.07, 6.45) is 0.113. The van der Waals surface area contributed by atoms with Crippen LogP contribution in [0.4, 0.5) is 5.69 Å². The number of carbonyl (C=O) groups excluding carboxylic acids is 2. The second kappa shape index (κ2) is 6.58. The van der Waals surface area contributed by atoms with E-state index in [0.717, 1.165) is 6.54 Å². The first-order valence-electron chi connectivity index (χ1n) is 6.34. The van der Waals surface area contributed by atoms with Crippen molar-refractivity contribution in [2.45, 2.75) is 12.5 Å². The molecule has 1 aliphatic rings. The predicted octanol–water partition coefficient (Wildman–Crippen LogP) is -0.261. The highest BCUT2D eigenvalue weighted by Crippen LogP contribution is 2.27. The fourth-order valence-corrected chi connectivity index (χ4v) is 2.25. The van der Waals surface area contributed by atoms with Gasteiger partial charge in [0.1, 0.15) is 5.75 Å². The van der Waals surface area contributed by atoms with Crippen molar-refractivity contribution in [3.63, 3.8) is 0 Å². The Kier molecular flexibility index (Phi) is 4.81. The Morgan fingerprint density at radius 1 is 1.60 bits per heavy atom. The summed E-state index contributed by atoms with van der Waals surface area (Å²) in [6.45, 7) is 1.42. The first-order chi connectivity index (χ1) is 9.60. The Hall–Kier alpha value is -1.79. The van der Waals surface area contributed by atoms with Gasteiger partial charge >= 0.3 is 0 Å². The van der Waals surface area contributed by atoms with Crippen molar-refractivity contribution in [2.24, 2.45) is 0 Å². The van der Waals surface area contributed by atoms with Crippen LogP contribution in [0.1, 0.15) is 6.42 Å². The van der Waals surface area contributed by atoms with Crippen LogP contribution >= 0.6 is 11.6 Å². The van der Waals surface area contributed by atoms with Crippen LogP contribution in [0, 0.1) is 0 Å². The lowest BCUT2D eigenvalue weighted by molar-refractivity contribution is -0.678. The third-order valence-corrected chi connectivity index (χ3v) is 3.31. The van der Waals surface area contributed by atoms with Crippen LogP contribution in [-0.2, 0) is 9.59 Å². The molecule has 0 aromatic heterocycles. The van der Waals surface area contributed by atoms with Gasteiger partial charge in [-0.1, -0.05) is 11.6 Å². The summed E-state index contributed by atoms with van der Waals surface area (Å²) in [5.74, 6) is 0.174. The van der Waals surface area contributed by atoms with Gasteiger partial charge in [0.05, 0.1) is 32.3 Å². The number of carbonyl (C=O) groups is 2. The quantitative estimate of drug-likeness (QED) is 0.716. The standard InChI is InChI=1S/C13H16ClN3O3/c1-20-11-3-2-8(14)6-9(11)17-12(18)7-10-13(19)16-5-4-15-10/h2-3,6,10,15H,4-5,7H2,1H3,(H,16,19)(H,17,18)/p+1. The maximum Gasteiger partial charge on any atom is 0.278 e. The van der Waals surface area contributed by atoms with Crippen LogP contribution in [0.2, 0.25) is 5.02 Å². The number of hydrogen-bond acceptors (Lipinski definition) is 3. The first kappa shape index (κ1) is 14.6. The molecular weight excluding hydrogens is 282 g/mol. The van der Waals surface area contributed by atoms with E-state index in [4.69, 9.17) is 16.3 Å². The molecule has 0 bridgehead atoms. The molecule has 1 aromatic carbocycles. The van der Waals surface area contributed by atoms with Gasteiger partial charge in [0.2, 0.25) is 5.91 Å². The van der Waals surface area contributed by atoms with Gasteiger partial charge in [-0.15, -0.1) is 0 Å². The van der Waals surface area contributed by atoms with E-state index in [-0.39, 0.29) is 24.3 Å². The smallest absolute Gasteiger partial charge is 0.278 e. The minimum atomic E-state index is -0.381. The molecule has 108 valence electrons. The zero-order valence-corrected chi connectivity index (χ0v) is 11.9. The molecule has 1 unspecified atom stereocenters. The molecule has 2 amide bonds. The van der Waals surface area contributed by atoms with Gasteiger partial charge in [0.25, 0.3) is 5.91 Å². The molecule has 20 heavy (non-hydrogen) atoms. The van der Waals surface area contributed by atoms with E-state index < -0.39 is 0 Å². The number of benzene rings is 1. The second-order valence-electron chi connectivity index (χ2n) is 4.52. The van der Waals surface area contributed by atoms with Crippen molar-refractivity contribution in [3.05, 3.63) is 23.2 Å². The van der Waals surface area contributed by atoms with Crippen LogP contribution in [-0.4, -0.2) is 38.1 Å². The normalized spacial score (nSPS) is 18.3. The number of nitrogens with two attached hydrogens (primary N) is 1. The minimum Gasteiger partial charge on any atom is -0.495 e. The number of quaternary nitrogens is 1. The minimum absolute atomic E-state index is 0.107. The van der Waals surface area contributed by atoms with Gasteiger partial charge in [-0.25, -0.2) is 0 Å². The summed E-state index contributed by atoms with van der Waals surface area (Å²) < 4.78 is 5.15. The van der Waals surface area contributed by atoms with Crippen LogP contribution in [0.5, 0.6) is 5.75 Å². The van der Waals surface area contributed by atoms with Crippen LogP contribution < -0.4 is 20.7 Å². The Bertz CT molecular complexity index is 522. The number of rotatable bonds is 4. The number of methoxy groups -OCH3 is 1. The molecular formula is C13H17ClN3O3+. The molecule has 1 heterocycles. The number of halogens is 1. The summed E-state index contributed by atoms with van der Waals surface area (Å²) in [5.41, 5.74) is 0.501.